The highest BCUT2D eigenvalue weighted by molar-refractivity contribution is 5.82. The number of hydrogen-bond donors (Lipinski definition) is 0. The van der Waals surface area contributed by atoms with Crippen LogP contribution in [0.1, 0.15) is 47.1 Å². The van der Waals surface area contributed by atoms with Gasteiger partial charge in [0, 0.05) is 6.08 Å². The first-order valence-electron chi connectivity index (χ1n) is 10.2. The highest BCUT2D eigenvalue weighted by Crippen LogP contribution is 2.32. The maximum absolute atomic E-state index is 13.0. The average Bonchev–Trinajstić information content (AvgIpc) is 2.96. The first-order valence-corrected chi connectivity index (χ1v) is 10.2. The molecule has 0 saturated carbocycles. The van der Waals surface area contributed by atoms with E-state index in [1.165, 1.54) is 6.08 Å². The van der Waals surface area contributed by atoms with Crippen molar-refractivity contribution in [3.05, 3.63) is 48.0 Å². The van der Waals surface area contributed by atoms with Gasteiger partial charge < -0.3 is 18.9 Å². The molecule has 0 bridgehead atoms. The molecule has 1 heterocycles. The molecular formula is C23H33NO6. The third-order valence-electron chi connectivity index (χ3n) is 4.48. The van der Waals surface area contributed by atoms with Gasteiger partial charge in [-0.3, -0.25) is 4.90 Å². The molecule has 0 unspecified atom stereocenters. The van der Waals surface area contributed by atoms with Gasteiger partial charge in [0.2, 0.25) is 0 Å². The molecule has 1 aromatic rings. The molecule has 1 aromatic carbocycles. The second-order valence-corrected chi connectivity index (χ2v) is 8.55. The molecule has 166 valence electrons. The Labute approximate surface area is 178 Å². The van der Waals surface area contributed by atoms with Gasteiger partial charge in [-0.25, -0.2) is 9.59 Å². The third kappa shape index (κ3) is 6.85. The largest absolute Gasteiger partial charge is 0.463 e. The number of amides is 1. The number of esters is 1. The second kappa shape index (κ2) is 10.1. The van der Waals surface area contributed by atoms with Crippen LogP contribution in [0.3, 0.4) is 0 Å². The fourth-order valence-electron chi connectivity index (χ4n) is 3.17. The zero-order valence-electron chi connectivity index (χ0n) is 18.7. The van der Waals surface area contributed by atoms with E-state index in [1.54, 1.807) is 31.7 Å². The monoisotopic (exact) mass is 419 g/mol. The van der Waals surface area contributed by atoms with E-state index in [-0.39, 0.29) is 13.2 Å². The van der Waals surface area contributed by atoms with E-state index in [4.69, 9.17) is 18.9 Å². The van der Waals surface area contributed by atoms with Gasteiger partial charge in [-0.15, -0.1) is 0 Å². The van der Waals surface area contributed by atoms with Gasteiger partial charge in [0.05, 0.1) is 32.0 Å². The van der Waals surface area contributed by atoms with Gasteiger partial charge in [-0.05, 0) is 53.2 Å². The Morgan fingerprint density at radius 1 is 1.27 bits per heavy atom. The summed E-state index contributed by atoms with van der Waals surface area (Å²) in [4.78, 5) is 26.4. The molecule has 30 heavy (non-hydrogen) atoms. The van der Waals surface area contributed by atoms with Crippen LogP contribution in [-0.2, 0) is 30.3 Å². The summed E-state index contributed by atoms with van der Waals surface area (Å²) in [6, 6.07) is 9.22. The van der Waals surface area contributed by atoms with Crippen LogP contribution >= 0.6 is 0 Å². The van der Waals surface area contributed by atoms with Crippen LogP contribution in [0.15, 0.2) is 42.5 Å². The van der Waals surface area contributed by atoms with Gasteiger partial charge in [0.25, 0.3) is 0 Å². The van der Waals surface area contributed by atoms with Crippen LogP contribution in [0.25, 0.3) is 0 Å². The topological polar surface area (TPSA) is 74.3 Å². The second-order valence-electron chi connectivity index (χ2n) is 8.55. The van der Waals surface area contributed by atoms with Crippen LogP contribution in [-0.4, -0.2) is 53.6 Å². The van der Waals surface area contributed by atoms with Crippen molar-refractivity contribution in [3.63, 3.8) is 0 Å². The van der Waals surface area contributed by atoms with Crippen LogP contribution in [0.5, 0.6) is 0 Å². The number of rotatable bonds is 7. The van der Waals surface area contributed by atoms with Crippen LogP contribution in [0, 0.1) is 0 Å². The van der Waals surface area contributed by atoms with Crippen molar-refractivity contribution in [2.24, 2.45) is 0 Å². The predicted octanol–water partition coefficient (Wildman–Crippen LogP) is 4.06. The maximum atomic E-state index is 13.0. The summed E-state index contributed by atoms with van der Waals surface area (Å²) in [7, 11) is 0. The Bertz CT molecular complexity index is 738. The van der Waals surface area contributed by atoms with Crippen molar-refractivity contribution in [1.82, 2.24) is 4.90 Å². The molecule has 0 spiro atoms. The van der Waals surface area contributed by atoms with E-state index in [1.807, 2.05) is 51.1 Å². The number of nitrogens with zero attached hydrogens (tertiary/aromatic N) is 1. The maximum Gasteiger partial charge on any atom is 0.413 e. The van der Waals surface area contributed by atoms with Crippen LogP contribution < -0.4 is 0 Å². The van der Waals surface area contributed by atoms with Crippen molar-refractivity contribution < 1.29 is 28.5 Å². The Morgan fingerprint density at radius 2 is 1.93 bits per heavy atom. The summed E-state index contributed by atoms with van der Waals surface area (Å²) in [5.41, 5.74) is -0.547. The molecule has 0 N–H and O–H groups in total. The van der Waals surface area contributed by atoms with Crippen molar-refractivity contribution in [2.45, 2.75) is 71.6 Å². The first kappa shape index (κ1) is 23.9. The lowest BCUT2D eigenvalue weighted by atomic mass is 10.1. The Morgan fingerprint density at radius 3 is 2.53 bits per heavy atom. The van der Waals surface area contributed by atoms with Gasteiger partial charge in [0.1, 0.15) is 11.3 Å². The summed E-state index contributed by atoms with van der Waals surface area (Å²) in [6.07, 6.45) is 1.86. The molecule has 0 radical (unpaired) electrons. The third-order valence-corrected chi connectivity index (χ3v) is 4.48. The van der Waals surface area contributed by atoms with Gasteiger partial charge in [0.15, 0.2) is 0 Å². The average molecular weight is 420 g/mol. The number of hydrogen-bond acceptors (Lipinski definition) is 6. The zero-order chi connectivity index (χ0) is 22.4. The molecule has 7 nitrogen and oxygen atoms in total. The van der Waals surface area contributed by atoms with Crippen molar-refractivity contribution in [2.75, 3.05) is 13.2 Å². The highest BCUT2D eigenvalue weighted by atomic mass is 16.6. The molecule has 1 saturated heterocycles. The fraction of sp³-hybridized carbons (Fsp3) is 0.565. The Hall–Kier alpha value is -2.38. The SMILES string of the molecule is CCOC(=O)/C=C/[C@@H](OCc1ccccc1)[C@@H]1COC(C)(C)N1C(=O)OC(C)(C)C. The van der Waals surface area contributed by atoms with Crippen molar-refractivity contribution >= 4 is 12.1 Å². The molecule has 0 aromatic heterocycles. The van der Waals surface area contributed by atoms with E-state index < -0.39 is 35.5 Å². The molecule has 1 aliphatic heterocycles. The van der Waals surface area contributed by atoms with Gasteiger partial charge in [-0.2, -0.15) is 0 Å². The number of benzene rings is 1. The molecule has 2 atom stereocenters. The van der Waals surface area contributed by atoms with Crippen LogP contribution in [0.4, 0.5) is 4.79 Å². The molecule has 7 heteroatoms. The van der Waals surface area contributed by atoms with E-state index in [2.05, 4.69) is 0 Å². The highest BCUT2D eigenvalue weighted by Gasteiger charge is 2.48. The summed E-state index contributed by atoms with van der Waals surface area (Å²) in [6.45, 7) is 11.6. The Balaban J connectivity index is 2.26. The normalized spacial score (nSPS) is 19.7. The minimum atomic E-state index is -0.876. The molecule has 1 amide bonds. The zero-order valence-corrected chi connectivity index (χ0v) is 18.7. The first-order chi connectivity index (χ1) is 14.0. The lowest BCUT2D eigenvalue weighted by Gasteiger charge is -2.37. The molecule has 0 aliphatic carbocycles. The van der Waals surface area contributed by atoms with E-state index in [0.717, 1.165) is 5.56 Å². The number of carbonyl (C=O) groups is 2. The van der Waals surface area contributed by atoms with Crippen molar-refractivity contribution in [1.29, 1.82) is 0 Å². The molecule has 1 aliphatic rings. The Kier molecular flexibility index (Phi) is 8.03. The summed E-state index contributed by atoms with van der Waals surface area (Å²) in [5.74, 6) is -0.465. The van der Waals surface area contributed by atoms with Crippen LogP contribution in [0.2, 0.25) is 0 Å². The lowest BCUT2D eigenvalue weighted by Crippen LogP contribution is -2.53. The minimum Gasteiger partial charge on any atom is -0.463 e. The smallest absolute Gasteiger partial charge is 0.413 e. The molecular weight excluding hydrogens is 386 g/mol. The van der Waals surface area contributed by atoms with E-state index in [0.29, 0.717) is 6.61 Å². The molecule has 2 rings (SSSR count). The predicted molar refractivity (Wildman–Crippen MR) is 113 cm³/mol. The summed E-state index contributed by atoms with van der Waals surface area (Å²) < 4.78 is 22.6. The summed E-state index contributed by atoms with van der Waals surface area (Å²) >= 11 is 0. The standard InChI is InChI=1S/C23H33NO6/c1-7-27-20(25)14-13-19(28-15-17-11-9-8-10-12-17)18-16-29-23(5,6)24(18)21(26)30-22(2,3)4/h8-14,18-19H,7,15-16H2,1-6H3/b14-13+/t18-,19+/m0/s1. The quantitative estimate of drug-likeness (QED) is 0.490. The molecule has 1 fully saturated rings. The van der Waals surface area contributed by atoms with E-state index in [9.17, 15) is 9.59 Å². The van der Waals surface area contributed by atoms with E-state index >= 15 is 0 Å². The number of carbonyl (C=O) groups excluding carboxylic acids is 2. The lowest BCUT2D eigenvalue weighted by molar-refractivity contribution is -0.137. The van der Waals surface area contributed by atoms with Gasteiger partial charge in [-0.1, -0.05) is 30.3 Å². The van der Waals surface area contributed by atoms with Crippen molar-refractivity contribution in [3.8, 4) is 0 Å². The number of ether oxygens (including phenoxy) is 4. The minimum absolute atomic E-state index is 0.249. The fourth-order valence-corrected chi connectivity index (χ4v) is 3.17. The summed E-state index contributed by atoms with van der Waals surface area (Å²) in [5, 5.41) is 0. The van der Waals surface area contributed by atoms with Gasteiger partial charge >= 0.3 is 12.1 Å².